The summed E-state index contributed by atoms with van der Waals surface area (Å²) < 4.78 is 13.4. The summed E-state index contributed by atoms with van der Waals surface area (Å²) in [7, 11) is 1.88. The Kier molecular flexibility index (Phi) is 6.24. The molecule has 7 heteroatoms. The summed E-state index contributed by atoms with van der Waals surface area (Å²) in [6.07, 6.45) is 4.72. The third kappa shape index (κ3) is 4.65. The molecule has 7 nitrogen and oxygen atoms in total. The summed E-state index contributed by atoms with van der Waals surface area (Å²) >= 11 is 0. The van der Waals surface area contributed by atoms with Crippen LogP contribution in [0.5, 0.6) is 5.75 Å². The molecule has 1 fully saturated rings. The first kappa shape index (κ1) is 20.2. The average molecular weight is 386 g/mol. The highest BCUT2D eigenvalue weighted by molar-refractivity contribution is 5.74. The van der Waals surface area contributed by atoms with Gasteiger partial charge in [-0.3, -0.25) is 4.68 Å². The molecule has 2 amide bonds. The minimum atomic E-state index is -0.544. The molecule has 1 aliphatic heterocycles. The molecular formula is C21H30N4O3. The highest BCUT2D eigenvalue weighted by Crippen LogP contribution is 2.29. The molecule has 0 radical (unpaired) electrons. The lowest BCUT2D eigenvalue weighted by Gasteiger charge is -2.40. The van der Waals surface area contributed by atoms with Gasteiger partial charge in [0.2, 0.25) is 0 Å². The number of hydrogen-bond acceptors (Lipinski definition) is 4. The Labute approximate surface area is 166 Å². The lowest BCUT2D eigenvalue weighted by molar-refractivity contribution is -0.0907. The number of carbonyl (C=O) groups excluding carboxylic acids is 1. The Morgan fingerprint density at radius 2 is 2.25 bits per heavy atom. The normalized spacial score (nSPS) is 19.5. The first-order valence-corrected chi connectivity index (χ1v) is 9.79. The molecule has 0 unspecified atom stereocenters. The van der Waals surface area contributed by atoms with E-state index in [1.165, 1.54) is 0 Å². The van der Waals surface area contributed by atoms with Gasteiger partial charge in [-0.1, -0.05) is 13.0 Å². The van der Waals surface area contributed by atoms with Crippen molar-refractivity contribution in [2.24, 2.45) is 7.05 Å². The second-order valence-corrected chi connectivity index (χ2v) is 7.50. The van der Waals surface area contributed by atoms with Crippen molar-refractivity contribution in [1.29, 1.82) is 0 Å². The number of nitrogens with one attached hydrogen (secondary N) is 1. The van der Waals surface area contributed by atoms with Crippen molar-refractivity contribution in [1.82, 2.24) is 20.0 Å². The summed E-state index contributed by atoms with van der Waals surface area (Å²) in [6, 6.07) is 5.91. The topological polar surface area (TPSA) is 68.6 Å². The van der Waals surface area contributed by atoms with E-state index in [1.54, 1.807) is 10.9 Å². The molecular weight excluding hydrogens is 356 g/mol. The van der Waals surface area contributed by atoms with Gasteiger partial charge in [0.15, 0.2) is 0 Å². The summed E-state index contributed by atoms with van der Waals surface area (Å²) in [5, 5.41) is 7.26. The fourth-order valence-electron chi connectivity index (χ4n) is 3.37. The molecule has 1 aromatic heterocycles. The number of amides is 2. The quantitative estimate of drug-likeness (QED) is 0.829. The minimum Gasteiger partial charge on any atom is -0.494 e. The highest BCUT2D eigenvalue weighted by atomic mass is 16.5. The molecule has 0 bridgehead atoms. The van der Waals surface area contributed by atoms with Crippen LogP contribution in [0.3, 0.4) is 0 Å². The fraction of sp³-hybridized carbons (Fsp3) is 0.524. The van der Waals surface area contributed by atoms with Crippen LogP contribution in [-0.2, 0) is 23.9 Å². The van der Waals surface area contributed by atoms with Crippen LogP contribution in [0, 0.1) is 6.92 Å². The Morgan fingerprint density at radius 1 is 1.43 bits per heavy atom. The van der Waals surface area contributed by atoms with E-state index in [4.69, 9.17) is 9.47 Å². The first-order chi connectivity index (χ1) is 13.4. The number of morpholine rings is 1. The van der Waals surface area contributed by atoms with E-state index in [0.29, 0.717) is 32.8 Å². The lowest BCUT2D eigenvalue weighted by atomic mass is 9.97. The number of benzene rings is 1. The van der Waals surface area contributed by atoms with Gasteiger partial charge in [-0.05, 0) is 43.5 Å². The van der Waals surface area contributed by atoms with Gasteiger partial charge < -0.3 is 19.7 Å². The minimum absolute atomic E-state index is 0.0795. The number of nitrogens with zero attached hydrogens (tertiary/aromatic N) is 3. The van der Waals surface area contributed by atoms with Crippen LogP contribution in [0.1, 0.15) is 37.0 Å². The number of aryl methyl sites for hydroxylation is 2. The van der Waals surface area contributed by atoms with Gasteiger partial charge in [0.1, 0.15) is 11.4 Å². The number of carbonyl (C=O) groups is 1. The van der Waals surface area contributed by atoms with Gasteiger partial charge >= 0.3 is 6.03 Å². The van der Waals surface area contributed by atoms with E-state index in [-0.39, 0.29) is 6.03 Å². The second-order valence-electron chi connectivity index (χ2n) is 7.50. The van der Waals surface area contributed by atoms with Gasteiger partial charge in [-0.2, -0.15) is 5.10 Å². The number of hydrogen-bond donors (Lipinski definition) is 1. The maximum Gasteiger partial charge on any atom is 0.317 e. The molecule has 3 rings (SSSR count). The zero-order valence-electron chi connectivity index (χ0n) is 17.2. The van der Waals surface area contributed by atoms with Crippen LogP contribution in [0.4, 0.5) is 4.79 Å². The molecule has 2 heterocycles. The standard InChI is InChI=1S/C21H30N4O3/c1-5-9-27-19-7-6-17(16(2)11-19)12-22-20(26)25-8-10-28-21(3,15-25)18-13-23-24(4)14-18/h6-7,11,13-14H,5,8-10,12,15H2,1-4H3,(H,22,26)/t21-/m1/s1. The van der Waals surface area contributed by atoms with Gasteiger partial charge in [-0.25, -0.2) is 4.79 Å². The molecule has 2 aromatic rings. The maximum atomic E-state index is 12.7. The average Bonchev–Trinajstić information content (AvgIpc) is 3.12. The maximum absolute atomic E-state index is 12.7. The van der Waals surface area contributed by atoms with E-state index in [9.17, 15) is 4.79 Å². The Morgan fingerprint density at radius 3 is 2.93 bits per heavy atom. The van der Waals surface area contributed by atoms with Crippen molar-refractivity contribution in [2.45, 2.75) is 39.3 Å². The summed E-state index contributed by atoms with van der Waals surface area (Å²) in [5.41, 5.74) is 2.63. The number of aromatic nitrogens is 2. The van der Waals surface area contributed by atoms with Crippen molar-refractivity contribution in [3.63, 3.8) is 0 Å². The van der Waals surface area contributed by atoms with Crippen LogP contribution in [0.2, 0.25) is 0 Å². The molecule has 1 atom stereocenters. The monoisotopic (exact) mass is 386 g/mol. The Balaban J connectivity index is 1.59. The smallest absolute Gasteiger partial charge is 0.317 e. The predicted molar refractivity (Wildman–Crippen MR) is 107 cm³/mol. The van der Waals surface area contributed by atoms with Gasteiger partial charge in [0, 0.05) is 31.9 Å². The summed E-state index contributed by atoms with van der Waals surface area (Å²) in [6.45, 7) is 8.89. The van der Waals surface area contributed by atoms with Crippen molar-refractivity contribution in [3.8, 4) is 5.75 Å². The first-order valence-electron chi connectivity index (χ1n) is 9.79. The van der Waals surface area contributed by atoms with Crippen LogP contribution in [0.25, 0.3) is 0 Å². The number of rotatable bonds is 6. The van der Waals surface area contributed by atoms with Crippen LogP contribution >= 0.6 is 0 Å². The summed E-state index contributed by atoms with van der Waals surface area (Å²) in [4.78, 5) is 14.5. The van der Waals surface area contributed by atoms with Crippen molar-refractivity contribution in [3.05, 3.63) is 47.3 Å². The van der Waals surface area contributed by atoms with Crippen molar-refractivity contribution >= 4 is 6.03 Å². The Bertz CT molecular complexity index is 820. The second kappa shape index (κ2) is 8.65. The molecule has 0 saturated carbocycles. The third-order valence-corrected chi connectivity index (χ3v) is 5.09. The number of ether oxygens (including phenoxy) is 2. The molecule has 0 aliphatic carbocycles. The molecule has 1 aromatic carbocycles. The predicted octanol–water partition coefficient (Wildman–Crippen LogP) is 2.97. The van der Waals surface area contributed by atoms with E-state index in [0.717, 1.165) is 28.9 Å². The van der Waals surface area contributed by atoms with Crippen LogP contribution in [-0.4, -0.2) is 47.0 Å². The van der Waals surface area contributed by atoms with Gasteiger partial charge in [0.25, 0.3) is 0 Å². The zero-order chi connectivity index (χ0) is 20.1. The van der Waals surface area contributed by atoms with E-state index >= 15 is 0 Å². The lowest BCUT2D eigenvalue weighted by Crippen LogP contribution is -2.53. The molecule has 1 saturated heterocycles. The van der Waals surface area contributed by atoms with Crippen LogP contribution < -0.4 is 10.1 Å². The van der Waals surface area contributed by atoms with E-state index < -0.39 is 5.60 Å². The van der Waals surface area contributed by atoms with Gasteiger partial charge in [0.05, 0.1) is 26.0 Å². The van der Waals surface area contributed by atoms with Crippen molar-refractivity contribution < 1.29 is 14.3 Å². The Hall–Kier alpha value is -2.54. The van der Waals surface area contributed by atoms with Crippen LogP contribution in [0.15, 0.2) is 30.6 Å². The molecule has 28 heavy (non-hydrogen) atoms. The third-order valence-electron chi connectivity index (χ3n) is 5.09. The molecule has 1 N–H and O–H groups in total. The van der Waals surface area contributed by atoms with E-state index in [2.05, 4.69) is 17.3 Å². The molecule has 1 aliphatic rings. The van der Waals surface area contributed by atoms with Crippen molar-refractivity contribution in [2.75, 3.05) is 26.3 Å². The zero-order valence-corrected chi connectivity index (χ0v) is 17.2. The molecule has 152 valence electrons. The van der Waals surface area contributed by atoms with Gasteiger partial charge in [-0.15, -0.1) is 0 Å². The molecule has 0 spiro atoms. The highest BCUT2D eigenvalue weighted by Gasteiger charge is 2.36. The largest absolute Gasteiger partial charge is 0.494 e. The summed E-state index contributed by atoms with van der Waals surface area (Å²) in [5.74, 6) is 0.870. The number of urea groups is 1. The fourth-order valence-corrected chi connectivity index (χ4v) is 3.37. The SMILES string of the molecule is CCCOc1ccc(CNC(=O)N2CCO[C@@](C)(c3cnn(C)c3)C2)c(C)c1. The van der Waals surface area contributed by atoms with E-state index in [1.807, 2.05) is 50.2 Å².